The molecule has 1 aromatic carbocycles. The summed E-state index contributed by atoms with van der Waals surface area (Å²) in [6.07, 6.45) is 5.59. The van der Waals surface area contributed by atoms with Crippen LogP contribution in [0.25, 0.3) is 0 Å². The SMILES string of the molecule is COc1cccc(CN2CCC(Oc3ncc(Br)cn3)CC2)c1. The predicted molar refractivity (Wildman–Crippen MR) is 91.7 cm³/mol. The van der Waals surface area contributed by atoms with Gasteiger partial charge in [-0.2, -0.15) is 0 Å². The Morgan fingerprint density at radius 2 is 1.96 bits per heavy atom. The molecule has 0 amide bonds. The van der Waals surface area contributed by atoms with Crippen LogP contribution in [-0.2, 0) is 6.54 Å². The molecule has 0 atom stereocenters. The fourth-order valence-electron chi connectivity index (χ4n) is 2.72. The van der Waals surface area contributed by atoms with E-state index in [1.54, 1.807) is 19.5 Å². The average molecular weight is 378 g/mol. The minimum absolute atomic E-state index is 0.192. The van der Waals surface area contributed by atoms with E-state index >= 15 is 0 Å². The number of aromatic nitrogens is 2. The molecule has 5 nitrogen and oxygen atoms in total. The van der Waals surface area contributed by atoms with Crippen LogP contribution in [0.1, 0.15) is 18.4 Å². The average Bonchev–Trinajstić information content (AvgIpc) is 2.59. The van der Waals surface area contributed by atoms with Gasteiger partial charge in [-0.15, -0.1) is 0 Å². The highest BCUT2D eigenvalue weighted by Gasteiger charge is 2.21. The predicted octanol–water partition coefficient (Wildman–Crippen LogP) is 3.29. The van der Waals surface area contributed by atoms with Crippen molar-refractivity contribution in [1.82, 2.24) is 14.9 Å². The highest BCUT2D eigenvalue weighted by Crippen LogP contribution is 2.20. The van der Waals surface area contributed by atoms with Crippen LogP contribution in [-0.4, -0.2) is 41.2 Å². The summed E-state index contributed by atoms with van der Waals surface area (Å²) in [5, 5.41) is 0. The van der Waals surface area contributed by atoms with Gasteiger partial charge in [-0.1, -0.05) is 12.1 Å². The normalized spacial score (nSPS) is 16.3. The second-order valence-electron chi connectivity index (χ2n) is 5.63. The van der Waals surface area contributed by atoms with Gasteiger partial charge in [-0.05, 0) is 46.5 Å². The molecule has 1 aliphatic heterocycles. The number of halogens is 1. The molecule has 0 N–H and O–H groups in total. The third-order valence-corrected chi connectivity index (χ3v) is 4.35. The molecule has 23 heavy (non-hydrogen) atoms. The summed E-state index contributed by atoms with van der Waals surface area (Å²) in [7, 11) is 1.70. The number of likely N-dealkylation sites (tertiary alicyclic amines) is 1. The van der Waals surface area contributed by atoms with E-state index in [1.165, 1.54) is 5.56 Å². The van der Waals surface area contributed by atoms with Gasteiger partial charge in [-0.3, -0.25) is 4.90 Å². The number of hydrogen-bond acceptors (Lipinski definition) is 5. The Kier molecular flexibility index (Phi) is 5.46. The van der Waals surface area contributed by atoms with Crippen molar-refractivity contribution in [3.63, 3.8) is 0 Å². The summed E-state index contributed by atoms with van der Waals surface area (Å²) in [5.41, 5.74) is 1.28. The van der Waals surface area contributed by atoms with Crippen LogP contribution >= 0.6 is 15.9 Å². The Morgan fingerprint density at radius 1 is 1.22 bits per heavy atom. The molecule has 0 bridgehead atoms. The van der Waals surface area contributed by atoms with Crippen LogP contribution in [0.2, 0.25) is 0 Å². The van der Waals surface area contributed by atoms with Crippen molar-refractivity contribution in [3.05, 3.63) is 46.7 Å². The smallest absolute Gasteiger partial charge is 0.316 e. The van der Waals surface area contributed by atoms with Gasteiger partial charge in [0.2, 0.25) is 0 Å². The van der Waals surface area contributed by atoms with Crippen molar-refractivity contribution in [1.29, 1.82) is 0 Å². The van der Waals surface area contributed by atoms with Gasteiger partial charge < -0.3 is 9.47 Å². The molecule has 122 valence electrons. The largest absolute Gasteiger partial charge is 0.497 e. The number of ether oxygens (including phenoxy) is 2. The maximum absolute atomic E-state index is 5.86. The monoisotopic (exact) mass is 377 g/mol. The van der Waals surface area contributed by atoms with Crippen LogP contribution < -0.4 is 9.47 Å². The molecular weight excluding hydrogens is 358 g/mol. The molecule has 0 spiro atoms. The molecule has 0 saturated carbocycles. The van der Waals surface area contributed by atoms with Crippen LogP contribution in [0.5, 0.6) is 11.8 Å². The third-order valence-electron chi connectivity index (χ3n) is 3.94. The third kappa shape index (κ3) is 4.65. The van der Waals surface area contributed by atoms with E-state index in [0.717, 1.165) is 42.7 Å². The molecule has 1 aliphatic rings. The molecule has 1 fully saturated rings. The topological polar surface area (TPSA) is 47.5 Å². The number of nitrogens with zero attached hydrogens (tertiary/aromatic N) is 3. The zero-order valence-corrected chi connectivity index (χ0v) is 14.7. The summed E-state index contributed by atoms with van der Waals surface area (Å²) in [6, 6.07) is 8.70. The number of benzene rings is 1. The summed E-state index contributed by atoms with van der Waals surface area (Å²) in [5.74, 6) is 0.910. The lowest BCUT2D eigenvalue weighted by atomic mass is 10.1. The Morgan fingerprint density at radius 3 is 2.65 bits per heavy atom. The van der Waals surface area contributed by atoms with Gasteiger partial charge in [0, 0.05) is 32.0 Å². The van der Waals surface area contributed by atoms with Crippen molar-refractivity contribution in [2.24, 2.45) is 0 Å². The van der Waals surface area contributed by atoms with Crippen molar-refractivity contribution >= 4 is 15.9 Å². The van der Waals surface area contributed by atoms with Gasteiger partial charge in [0.05, 0.1) is 11.6 Å². The van der Waals surface area contributed by atoms with E-state index in [2.05, 4.69) is 42.9 Å². The molecule has 1 saturated heterocycles. The quantitative estimate of drug-likeness (QED) is 0.799. The first-order chi connectivity index (χ1) is 11.2. The molecule has 2 heterocycles. The Bertz CT molecular complexity index is 628. The summed E-state index contributed by atoms with van der Waals surface area (Å²) in [6.45, 7) is 2.97. The minimum Gasteiger partial charge on any atom is -0.497 e. The highest BCUT2D eigenvalue weighted by molar-refractivity contribution is 9.10. The Hall–Kier alpha value is -1.66. The van der Waals surface area contributed by atoms with E-state index in [9.17, 15) is 0 Å². The van der Waals surface area contributed by atoms with Gasteiger partial charge in [-0.25, -0.2) is 9.97 Å². The molecule has 0 unspecified atom stereocenters. The van der Waals surface area contributed by atoms with Gasteiger partial charge in [0.1, 0.15) is 11.9 Å². The number of piperidine rings is 1. The first-order valence-electron chi connectivity index (χ1n) is 7.72. The zero-order chi connectivity index (χ0) is 16.1. The maximum atomic E-state index is 5.86. The second kappa shape index (κ2) is 7.75. The summed E-state index contributed by atoms with van der Waals surface area (Å²) < 4.78 is 12.0. The van der Waals surface area contributed by atoms with E-state index in [4.69, 9.17) is 9.47 Å². The number of hydrogen-bond donors (Lipinski definition) is 0. The van der Waals surface area contributed by atoms with Gasteiger partial charge in [0.15, 0.2) is 0 Å². The van der Waals surface area contributed by atoms with E-state index in [1.807, 2.05) is 12.1 Å². The van der Waals surface area contributed by atoms with Crippen LogP contribution in [0.4, 0.5) is 0 Å². The highest BCUT2D eigenvalue weighted by atomic mass is 79.9. The first-order valence-corrected chi connectivity index (χ1v) is 8.52. The lowest BCUT2D eigenvalue weighted by Crippen LogP contribution is -2.38. The maximum Gasteiger partial charge on any atom is 0.316 e. The van der Waals surface area contributed by atoms with Gasteiger partial charge in [0.25, 0.3) is 0 Å². The van der Waals surface area contributed by atoms with Crippen LogP contribution in [0, 0.1) is 0 Å². The molecule has 6 heteroatoms. The van der Waals surface area contributed by atoms with Gasteiger partial charge >= 0.3 is 6.01 Å². The molecular formula is C17H20BrN3O2. The molecule has 0 radical (unpaired) electrons. The lowest BCUT2D eigenvalue weighted by molar-refractivity contribution is 0.0892. The van der Waals surface area contributed by atoms with E-state index in [0.29, 0.717) is 6.01 Å². The summed E-state index contributed by atoms with van der Waals surface area (Å²) >= 11 is 3.32. The lowest BCUT2D eigenvalue weighted by Gasteiger charge is -2.31. The van der Waals surface area contributed by atoms with E-state index in [-0.39, 0.29) is 6.10 Å². The second-order valence-corrected chi connectivity index (χ2v) is 6.54. The summed E-state index contributed by atoms with van der Waals surface area (Å²) in [4.78, 5) is 10.8. The number of rotatable bonds is 5. The van der Waals surface area contributed by atoms with Crippen molar-refractivity contribution < 1.29 is 9.47 Å². The molecule has 3 rings (SSSR count). The molecule has 2 aromatic rings. The fraction of sp³-hybridized carbons (Fsp3) is 0.412. The Balaban J connectivity index is 1.49. The van der Waals surface area contributed by atoms with Crippen LogP contribution in [0.3, 0.4) is 0 Å². The first kappa shape index (κ1) is 16.2. The van der Waals surface area contributed by atoms with Crippen molar-refractivity contribution in [2.45, 2.75) is 25.5 Å². The Labute approximate surface area is 144 Å². The van der Waals surface area contributed by atoms with Crippen molar-refractivity contribution in [2.75, 3.05) is 20.2 Å². The van der Waals surface area contributed by atoms with Crippen molar-refractivity contribution in [3.8, 4) is 11.8 Å². The molecule has 1 aromatic heterocycles. The fourth-order valence-corrected chi connectivity index (χ4v) is 2.93. The standard InChI is InChI=1S/C17H20BrN3O2/c1-22-16-4-2-3-13(9-16)12-21-7-5-15(6-8-21)23-17-19-10-14(18)11-20-17/h2-4,9-11,15H,5-8,12H2,1H3. The number of methoxy groups -OCH3 is 1. The zero-order valence-electron chi connectivity index (χ0n) is 13.1. The minimum atomic E-state index is 0.192. The molecule has 0 aliphatic carbocycles. The van der Waals surface area contributed by atoms with Crippen LogP contribution in [0.15, 0.2) is 41.1 Å². The van der Waals surface area contributed by atoms with E-state index < -0.39 is 0 Å².